The van der Waals surface area contributed by atoms with Crippen LogP contribution in [0.1, 0.15) is 18.5 Å². The quantitative estimate of drug-likeness (QED) is 0.717. The molecule has 1 N–H and O–H groups in total. The Kier molecular flexibility index (Phi) is 3.86. The first-order valence-corrected chi connectivity index (χ1v) is 10.7. The van der Waals surface area contributed by atoms with Crippen molar-refractivity contribution in [1.29, 1.82) is 0 Å². The minimum atomic E-state index is -3.63. The molecule has 1 spiro atoms. The van der Waals surface area contributed by atoms with E-state index in [1.54, 1.807) is 0 Å². The van der Waals surface area contributed by atoms with Gasteiger partial charge >= 0.3 is 0 Å². The summed E-state index contributed by atoms with van der Waals surface area (Å²) >= 11 is 0. The van der Waals surface area contributed by atoms with Crippen molar-refractivity contribution in [1.82, 2.24) is 8.87 Å². The van der Waals surface area contributed by atoms with E-state index in [0.29, 0.717) is 25.9 Å². The second kappa shape index (κ2) is 6.18. The standard InChI is InChI=1S/C21H20FN3O2S/c22-16-7-9-17(10-8-16)28(26,27)24-14-11-21(12-15-24)20-6-3-13-25(20)19-5-2-1-4-18(19)23-21/h1-10,13,23H,11-12,14-15H2. The Bertz CT molecular complexity index is 1130. The van der Waals surface area contributed by atoms with Crippen LogP contribution in [0, 0.1) is 5.82 Å². The summed E-state index contributed by atoms with van der Waals surface area (Å²) in [5, 5.41) is 3.68. The molecule has 1 aromatic heterocycles. The highest BCUT2D eigenvalue weighted by Crippen LogP contribution is 2.43. The summed E-state index contributed by atoms with van der Waals surface area (Å²) in [6.45, 7) is 0.806. The van der Waals surface area contributed by atoms with Gasteiger partial charge in [-0.05, 0) is 61.4 Å². The van der Waals surface area contributed by atoms with E-state index in [9.17, 15) is 12.8 Å². The van der Waals surface area contributed by atoms with Crippen LogP contribution in [-0.2, 0) is 15.6 Å². The fraction of sp³-hybridized carbons (Fsp3) is 0.238. The summed E-state index contributed by atoms with van der Waals surface area (Å²) in [5.74, 6) is -0.442. The topological polar surface area (TPSA) is 54.3 Å². The van der Waals surface area contributed by atoms with Gasteiger partial charge in [0.1, 0.15) is 5.82 Å². The van der Waals surface area contributed by atoms with Crippen LogP contribution in [0.3, 0.4) is 0 Å². The van der Waals surface area contributed by atoms with Crippen molar-refractivity contribution in [2.75, 3.05) is 18.4 Å². The highest BCUT2D eigenvalue weighted by atomic mass is 32.2. The van der Waals surface area contributed by atoms with Crippen LogP contribution in [0.2, 0.25) is 0 Å². The van der Waals surface area contributed by atoms with Gasteiger partial charge in [0, 0.05) is 25.0 Å². The number of halogens is 1. The molecule has 3 aromatic rings. The lowest BCUT2D eigenvalue weighted by Gasteiger charge is -2.45. The summed E-state index contributed by atoms with van der Waals surface area (Å²) < 4.78 is 42.7. The third kappa shape index (κ3) is 2.57. The van der Waals surface area contributed by atoms with Crippen LogP contribution in [0.25, 0.3) is 5.69 Å². The number of piperidine rings is 1. The lowest BCUT2D eigenvalue weighted by atomic mass is 9.83. The monoisotopic (exact) mass is 397 g/mol. The van der Waals surface area contributed by atoms with E-state index in [4.69, 9.17) is 0 Å². The van der Waals surface area contributed by atoms with Gasteiger partial charge in [-0.2, -0.15) is 4.31 Å². The molecule has 2 aromatic carbocycles. The Balaban J connectivity index is 1.44. The number of aromatic nitrogens is 1. The average Bonchev–Trinajstić information content (AvgIpc) is 3.20. The third-order valence-corrected chi connectivity index (χ3v) is 7.72. The van der Waals surface area contributed by atoms with Crippen LogP contribution in [0.5, 0.6) is 0 Å². The van der Waals surface area contributed by atoms with E-state index in [1.807, 2.05) is 18.2 Å². The molecule has 0 atom stereocenters. The van der Waals surface area contributed by atoms with Gasteiger partial charge in [-0.15, -0.1) is 0 Å². The van der Waals surface area contributed by atoms with Crippen molar-refractivity contribution in [3.05, 3.63) is 78.4 Å². The van der Waals surface area contributed by atoms with E-state index in [0.717, 1.165) is 17.1 Å². The summed E-state index contributed by atoms with van der Waals surface area (Å²) in [6, 6.07) is 17.3. The van der Waals surface area contributed by atoms with E-state index in [-0.39, 0.29) is 10.4 Å². The van der Waals surface area contributed by atoms with Crippen LogP contribution in [-0.4, -0.2) is 30.4 Å². The maximum atomic E-state index is 13.2. The lowest BCUT2D eigenvalue weighted by molar-refractivity contribution is 0.247. The van der Waals surface area contributed by atoms with Crippen LogP contribution >= 0.6 is 0 Å². The molecule has 1 fully saturated rings. The van der Waals surface area contributed by atoms with E-state index >= 15 is 0 Å². The van der Waals surface area contributed by atoms with Gasteiger partial charge in [0.25, 0.3) is 0 Å². The average molecular weight is 397 g/mol. The van der Waals surface area contributed by atoms with Crippen molar-refractivity contribution in [2.24, 2.45) is 0 Å². The van der Waals surface area contributed by atoms with Gasteiger partial charge in [-0.25, -0.2) is 12.8 Å². The zero-order valence-corrected chi connectivity index (χ0v) is 16.0. The predicted octanol–water partition coefficient (Wildman–Crippen LogP) is 3.72. The summed E-state index contributed by atoms with van der Waals surface area (Å²) in [5.41, 5.74) is 3.02. The Morgan fingerprint density at radius 2 is 1.64 bits per heavy atom. The fourth-order valence-corrected chi connectivity index (χ4v) is 5.78. The van der Waals surface area contributed by atoms with E-state index < -0.39 is 15.8 Å². The van der Waals surface area contributed by atoms with Gasteiger partial charge in [0.15, 0.2) is 0 Å². The largest absolute Gasteiger partial charge is 0.372 e. The highest BCUT2D eigenvalue weighted by molar-refractivity contribution is 7.89. The van der Waals surface area contributed by atoms with E-state index in [1.165, 1.54) is 28.6 Å². The smallest absolute Gasteiger partial charge is 0.243 e. The molecule has 0 saturated carbocycles. The highest BCUT2D eigenvalue weighted by Gasteiger charge is 2.43. The van der Waals surface area contributed by atoms with Gasteiger partial charge < -0.3 is 9.88 Å². The number of anilines is 1. The minimum Gasteiger partial charge on any atom is -0.372 e. The number of para-hydroxylation sites is 2. The Morgan fingerprint density at radius 1 is 0.929 bits per heavy atom. The number of rotatable bonds is 2. The number of hydrogen-bond acceptors (Lipinski definition) is 3. The van der Waals surface area contributed by atoms with Gasteiger partial charge in [0.2, 0.25) is 10.0 Å². The molecule has 3 heterocycles. The molecule has 1 saturated heterocycles. The predicted molar refractivity (Wildman–Crippen MR) is 105 cm³/mol. The molecule has 5 nitrogen and oxygen atoms in total. The molecule has 0 radical (unpaired) electrons. The molecule has 5 rings (SSSR count). The second-order valence-electron chi connectivity index (χ2n) is 7.35. The van der Waals surface area contributed by atoms with Crippen molar-refractivity contribution in [3.63, 3.8) is 0 Å². The zero-order valence-electron chi connectivity index (χ0n) is 15.2. The van der Waals surface area contributed by atoms with Crippen molar-refractivity contribution >= 4 is 15.7 Å². The normalized spacial score (nSPS) is 18.3. The summed E-state index contributed by atoms with van der Waals surface area (Å²) in [4.78, 5) is 0.134. The van der Waals surface area contributed by atoms with Gasteiger partial charge in [-0.3, -0.25) is 0 Å². The SMILES string of the molecule is O=S(=O)(c1ccc(F)cc1)N1CCC2(CC1)Nc1ccccc1-n1cccc12. The first kappa shape index (κ1) is 17.5. The minimum absolute atomic E-state index is 0.134. The molecular formula is C21H20FN3O2S. The molecule has 0 unspecified atom stereocenters. The van der Waals surface area contributed by atoms with Crippen LogP contribution in [0.4, 0.5) is 10.1 Å². The van der Waals surface area contributed by atoms with Crippen LogP contribution in [0.15, 0.2) is 71.8 Å². The zero-order chi connectivity index (χ0) is 19.4. The molecule has 2 aliphatic heterocycles. The first-order valence-electron chi connectivity index (χ1n) is 9.31. The number of hydrogen-bond donors (Lipinski definition) is 1. The second-order valence-corrected chi connectivity index (χ2v) is 9.28. The number of fused-ring (bicyclic) bond motifs is 4. The summed E-state index contributed by atoms with van der Waals surface area (Å²) in [7, 11) is -3.63. The lowest BCUT2D eigenvalue weighted by Crippen LogP contribution is -2.50. The molecule has 0 aliphatic carbocycles. The maximum absolute atomic E-state index is 13.2. The van der Waals surface area contributed by atoms with Crippen molar-refractivity contribution < 1.29 is 12.8 Å². The van der Waals surface area contributed by atoms with Crippen molar-refractivity contribution in [3.8, 4) is 5.69 Å². The van der Waals surface area contributed by atoms with Gasteiger partial charge in [-0.1, -0.05) is 12.1 Å². The number of nitrogens with zero attached hydrogens (tertiary/aromatic N) is 2. The molecule has 28 heavy (non-hydrogen) atoms. The molecular weight excluding hydrogens is 377 g/mol. The number of nitrogens with one attached hydrogen (secondary N) is 1. The Morgan fingerprint density at radius 3 is 2.39 bits per heavy atom. The molecule has 2 aliphatic rings. The Hall–Kier alpha value is -2.64. The number of benzene rings is 2. The third-order valence-electron chi connectivity index (χ3n) is 5.80. The van der Waals surface area contributed by atoms with Gasteiger partial charge in [0.05, 0.1) is 21.8 Å². The van der Waals surface area contributed by atoms with Crippen LogP contribution < -0.4 is 5.32 Å². The van der Waals surface area contributed by atoms with Crippen molar-refractivity contribution in [2.45, 2.75) is 23.3 Å². The molecule has 144 valence electrons. The van der Waals surface area contributed by atoms with E-state index in [2.05, 4.69) is 34.3 Å². The molecule has 7 heteroatoms. The Labute approximate surface area is 163 Å². The number of sulfonamides is 1. The maximum Gasteiger partial charge on any atom is 0.243 e. The fourth-order valence-electron chi connectivity index (χ4n) is 4.34. The summed E-state index contributed by atoms with van der Waals surface area (Å²) in [6.07, 6.45) is 3.37. The first-order chi connectivity index (χ1) is 13.5. The molecule has 0 amide bonds. The molecule has 0 bridgehead atoms.